The van der Waals surface area contributed by atoms with Gasteiger partial charge in [0.2, 0.25) is 0 Å². The molecule has 0 aromatic heterocycles. The van der Waals surface area contributed by atoms with Crippen molar-refractivity contribution >= 4 is 11.5 Å². The van der Waals surface area contributed by atoms with Crippen LogP contribution in [0.2, 0.25) is 0 Å². The van der Waals surface area contributed by atoms with Crippen molar-refractivity contribution in [2.24, 2.45) is 5.11 Å². The van der Waals surface area contributed by atoms with Crippen molar-refractivity contribution in [1.29, 1.82) is 0 Å². The Morgan fingerprint density at radius 3 is 2.55 bits per heavy atom. The largest absolute Gasteiger partial charge is 0.496 e. The zero-order valence-corrected chi connectivity index (χ0v) is 11.0. The van der Waals surface area contributed by atoms with E-state index in [-0.39, 0.29) is 12.2 Å². The summed E-state index contributed by atoms with van der Waals surface area (Å²) in [7, 11) is 1.58. The number of Topliss-reactive ketones (excluding diaryl/α,β-unsaturated/α-hetero) is 1. The topological polar surface area (TPSA) is 75.1 Å². The maximum atomic E-state index is 12.2. The van der Waals surface area contributed by atoms with Crippen molar-refractivity contribution in [1.82, 2.24) is 0 Å². The van der Waals surface area contributed by atoms with Crippen LogP contribution in [0.25, 0.3) is 10.4 Å². The molecule has 0 bridgehead atoms. The van der Waals surface area contributed by atoms with Gasteiger partial charge in [0, 0.05) is 28.1 Å². The number of benzene rings is 2. The van der Waals surface area contributed by atoms with Gasteiger partial charge in [-0.1, -0.05) is 47.6 Å². The van der Waals surface area contributed by atoms with E-state index in [9.17, 15) is 4.79 Å². The minimum Gasteiger partial charge on any atom is -0.496 e. The number of methoxy groups -OCH3 is 1. The molecule has 0 unspecified atom stereocenters. The molecule has 100 valence electrons. The average molecular weight is 267 g/mol. The van der Waals surface area contributed by atoms with Crippen LogP contribution in [0.4, 0.5) is 5.69 Å². The van der Waals surface area contributed by atoms with Crippen LogP contribution >= 0.6 is 0 Å². The minimum atomic E-state index is -0.0120. The Morgan fingerprint density at radius 1 is 1.20 bits per heavy atom. The van der Waals surface area contributed by atoms with Crippen molar-refractivity contribution in [3.63, 3.8) is 0 Å². The van der Waals surface area contributed by atoms with Crippen molar-refractivity contribution in [2.75, 3.05) is 7.11 Å². The molecule has 0 aliphatic heterocycles. The first-order chi connectivity index (χ1) is 9.74. The average Bonchev–Trinajstić information content (AvgIpc) is 2.49. The van der Waals surface area contributed by atoms with Crippen LogP contribution in [-0.2, 0) is 6.42 Å². The Hall–Kier alpha value is -2.78. The minimum absolute atomic E-state index is 0.0120. The van der Waals surface area contributed by atoms with E-state index in [1.807, 2.05) is 24.3 Å². The van der Waals surface area contributed by atoms with Gasteiger partial charge in [0.1, 0.15) is 5.75 Å². The van der Waals surface area contributed by atoms with E-state index in [0.717, 1.165) is 5.56 Å². The number of carbonyl (C=O) groups is 1. The molecular weight excluding hydrogens is 254 g/mol. The molecule has 0 heterocycles. The van der Waals surface area contributed by atoms with E-state index in [4.69, 9.17) is 10.3 Å². The third-order valence-electron chi connectivity index (χ3n) is 2.89. The maximum Gasteiger partial charge on any atom is 0.167 e. The third-order valence-corrected chi connectivity index (χ3v) is 2.89. The molecule has 2 aromatic rings. The SMILES string of the molecule is COc1ccccc1CC(=O)c1ccc(N=[N+]=[N-])cc1. The number of rotatable bonds is 5. The van der Waals surface area contributed by atoms with Gasteiger partial charge in [0.05, 0.1) is 7.11 Å². The fraction of sp³-hybridized carbons (Fsp3) is 0.133. The first-order valence-electron chi connectivity index (χ1n) is 6.05. The number of ether oxygens (including phenoxy) is 1. The maximum absolute atomic E-state index is 12.2. The number of nitrogens with zero attached hydrogens (tertiary/aromatic N) is 3. The van der Waals surface area contributed by atoms with Crippen LogP contribution in [0.3, 0.4) is 0 Å². The van der Waals surface area contributed by atoms with Crippen molar-refractivity contribution in [3.8, 4) is 5.75 Å². The first-order valence-corrected chi connectivity index (χ1v) is 6.05. The fourth-order valence-electron chi connectivity index (χ4n) is 1.89. The summed E-state index contributed by atoms with van der Waals surface area (Å²) < 4.78 is 5.23. The molecule has 0 aliphatic rings. The molecular formula is C15H13N3O2. The summed E-state index contributed by atoms with van der Waals surface area (Å²) in [6, 6.07) is 14.0. The molecule has 0 N–H and O–H groups in total. The smallest absolute Gasteiger partial charge is 0.167 e. The van der Waals surface area contributed by atoms with Gasteiger partial charge in [0.15, 0.2) is 5.78 Å². The lowest BCUT2D eigenvalue weighted by Gasteiger charge is -2.07. The zero-order chi connectivity index (χ0) is 14.4. The highest BCUT2D eigenvalue weighted by molar-refractivity contribution is 5.98. The molecule has 0 aliphatic carbocycles. The lowest BCUT2D eigenvalue weighted by Crippen LogP contribution is -2.04. The summed E-state index contributed by atoms with van der Waals surface area (Å²) in [4.78, 5) is 14.9. The van der Waals surface area contributed by atoms with E-state index in [1.54, 1.807) is 31.4 Å². The van der Waals surface area contributed by atoms with E-state index < -0.39 is 0 Å². The second kappa shape index (κ2) is 6.41. The summed E-state index contributed by atoms with van der Waals surface area (Å²) in [5.74, 6) is 0.688. The molecule has 0 radical (unpaired) electrons. The quantitative estimate of drug-likeness (QED) is 0.354. The highest BCUT2D eigenvalue weighted by Gasteiger charge is 2.10. The lowest BCUT2D eigenvalue weighted by molar-refractivity contribution is 0.0992. The second-order valence-electron chi connectivity index (χ2n) is 4.15. The summed E-state index contributed by atoms with van der Waals surface area (Å²) in [6.07, 6.45) is 0.269. The van der Waals surface area contributed by atoms with Gasteiger partial charge in [-0.3, -0.25) is 4.79 Å². The molecule has 2 rings (SSSR count). The third kappa shape index (κ3) is 3.16. The second-order valence-corrected chi connectivity index (χ2v) is 4.15. The highest BCUT2D eigenvalue weighted by Crippen LogP contribution is 2.20. The van der Waals surface area contributed by atoms with Crippen molar-refractivity contribution < 1.29 is 9.53 Å². The van der Waals surface area contributed by atoms with Crippen LogP contribution in [-0.4, -0.2) is 12.9 Å². The van der Waals surface area contributed by atoms with Gasteiger partial charge in [-0.25, -0.2) is 0 Å². The summed E-state index contributed by atoms with van der Waals surface area (Å²) in [5.41, 5.74) is 10.2. The van der Waals surface area contributed by atoms with Crippen molar-refractivity contribution in [2.45, 2.75) is 6.42 Å². The Labute approximate surface area is 116 Å². The molecule has 5 nitrogen and oxygen atoms in total. The van der Waals surface area contributed by atoms with Gasteiger partial charge in [-0.15, -0.1) is 0 Å². The first kappa shape index (κ1) is 13.6. The number of hydrogen-bond donors (Lipinski definition) is 0. The molecule has 0 spiro atoms. The van der Waals surface area contributed by atoms with Gasteiger partial charge in [-0.05, 0) is 11.6 Å². The van der Waals surface area contributed by atoms with Gasteiger partial charge in [0.25, 0.3) is 0 Å². The lowest BCUT2D eigenvalue weighted by atomic mass is 10.0. The number of azide groups is 1. The normalized spacial score (nSPS) is 9.65. The molecule has 0 fully saturated rings. The molecule has 20 heavy (non-hydrogen) atoms. The number of carbonyl (C=O) groups excluding carboxylic acids is 1. The Bertz CT molecular complexity index is 659. The Kier molecular flexibility index (Phi) is 4.37. The molecule has 0 saturated carbocycles. The fourth-order valence-corrected chi connectivity index (χ4v) is 1.89. The molecule has 0 amide bonds. The van der Waals surface area contributed by atoms with Crippen LogP contribution in [0.15, 0.2) is 53.6 Å². The van der Waals surface area contributed by atoms with Crippen LogP contribution in [0.1, 0.15) is 15.9 Å². The van der Waals surface area contributed by atoms with Crippen molar-refractivity contribution in [3.05, 3.63) is 70.1 Å². The zero-order valence-electron chi connectivity index (χ0n) is 11.0. The van der Waals surface area contributed by atoms with E-state index in [2.05, 4.69) is 10.0 Å². The number of hydrogen-bond acceptors (Lipinski definition) is 3. The Morgan fingerprint density at radius 2 is 1.90 bits per heavy atom. The standard InChI is InChI=1S/C15H13N3O2/c1-20-15-5-3-2-4-12(15)10-14(19)11-6-8-13(9-7-11)17-18-16/h2-9H,10H2,1H3. The molecule has 2 aromatic carbocycles. The predicted molar refractivity (Wildman–Crippen MR) is 76.3 cm³/mol. The van der Waals surface area contributed by atoms with Crippen LogP contribution in [0.5, 0.6) is 5.75 Å². The van der Waals surface area contributed by atoms with Gasteiger partial charge < -0.3 is 4.74 Å². The summed E-state index contributed by atoms with van der Waals surface area (Å²) in [6.45, 7) is 0. The molecule has 0 atom stereocenters. The van der Waals surface area contributed by atoms with E-state index in [0.29, 0.717) is 17.0 Å². The van der Waals surface area contributed by atoms with E-state index in [1.165, 1.54) is 0 Å². The highest BCUT2D eigenvalue weighted by atomic mass is 16.5. The summed E-state index contributed by atoms with van der Waals surface area (Å²) >= 11 is 0. The Balaban J connectivity index is 2.17. The van der Waals surface area contributed by atoms with Crippen LogP contribution in [0, 0.1) is 0 Å². The van der Waals surface area contributed by atoms with Crippen LogP contribution < -0.4 is 4.74 Å². The number of para-hydroxylation sites is 1. The van der Waals surface area contributed by atoms with Gasteiger partial charge in [-0.2, -0.15) is 0 Å². The summed E-state index contributed by atoms with van der Waals surface area (Å²) in [5, 5.41) is 3.47. The predicted octanol–water partition coefficient (Wildman–Crippen LogP) is 4.06. The molecule has 5 heteroatoms. The van der Waals surface area contributed by atoms with Gasteiger partial charge >= 0.3 is 0 Å². The monoisotopic (exact) mass is 267 g/mol. The number of ketones is 1. The molecule has 0 saturated heterocycles. The van der Waals surface area contributed by atoms with E-state index >= 15 is 0 Å².